The first-order valence-electron chi connectivity index (χ1n) is 5.55. The fourth-order valence-corrected chi connectivity index (χ4v) is 1.81. The van der Waals surface area contributed by atoms with Crippen LogP contribution in [-0.4, -0.2) is 13.6 Å². The highest BCUT2D eigenvalue weighted by Crippen LogP contribution is 2.22. The molecular weight excluding hydrogens is 196 g/mol. The molecular formula is C14H20N2. The largest absolute Gasteiger partial charge is 0.374 e. The lowest BCUT2D eigenvalue weighted by Crippen LogP contribution is -2.29. The summed E-state index contributed by atoms with van der Waals surface area (Å²) < 4.78 is 0. The van der Waals surface area contributed by atoms with Crippen molar-refractivity contribution < 1.29 is 0 Å². The summed E-state index contributed by atoms with van der Waals surface area (Å²) >= 11 is 0. The second kappa shape index (κ2) is 4.57. The molecule has 1 rings (SSSR count). The van der Waals surface area contributed by atoms with Crippen LogP contribution < -0.4 is 4.90 Å². The summed E-state index contributed by atoms with van der Waals surface area (Å²) in [6.07, 6.45) is 0. The number of hydrogen-bond donors (Lipinski definition) is 0. The summed E-state index contributed by atoms with van der Waals surface area (Å²) in [6, 6.07) is 8.17. The lowest BCUT2D eigenvalue weighted by molar-refractivity contribution is 0.419. The Balaban J connectivity index is 2.90. The molecule has 0 radical (unpaired) electrons. The molecule has 0 spiro atoms. The number of nitriles is 1. The molecule has 0 aliphatic rings. The molecule has 2 heteroatoms. The van der Waals surface area contributed by atoms with Gasteiger partial charge < -0.3 is 4.90 Å². The van der Waals surface area contributed by atoms with Crippen molar-refractivity contribution in [3.63, 3.8) is 0 Å². The van der Waals surface area contributed by atoms with E-state index in [0.29, 0.717) is 0 Å². The van der Waals surface area contributed by atoms with Crippen LogP contribution in [0.3, 0.4) is 0 Å². The normalized spacial score (nSPS) is 11.0. The van der Waals surface area contributed by atoms with E-state index >= 15 is 0 Å². The van der Waals surface area contributed by atoms with Crippen molar-refractivity contribution in [1.82, 2.24) is 0 Å². The summed E-state index contributed by atoms with van der Waals surface area (Å²) in [7, 11) is 2.09. The Morgan fingerprint density at radius 1 is 1.31 bits per heavy atom. The van der Waals surface area contributed by atoms with Gasteiger partial charge in [0, 0.05) is 19.3 Å². The summed E-state index contributed by atoms with van der Waals surface area (Å²) in [5.74, 6) is 0. The first-order valence-corrected chi connectivity index (χ1v) is 5.55. The van der Waals surface area contributed by atoms with Gasteiger partial charge in [-0.15, -0.1) is 0 Å². The van der Waals surface area contributed by atoms with Gasteiger partial charge in [0.25, 0.3) is 0 Å². The van der Waals surface area contributed by atoms with Crippen LogP contribution in [0.25, 0.3) is 0 Å². The summed E-state index contributed by atoms with van der Waals surface area (Å²) in [4.78, 5) is 2.23. The predicted octanol–water partition coefficient (Wildman–Crippen LogP) is 3.35. The second-order valence-electron chi connectivity index (χ2n) is 5.53. The number of rotatable bonds is 2. The minimum Gasteiger partial charge on any atom is -0.374 e. The average Bonchev–Trinajstić information content (AvgIpc) is 2.15. The molecule has 0 aliphatic heterocycles. The molecule has 86 valence electrons. The maximum Gasteiger partial charge on any atom is 0.0994 e. The molecule has 1 aromatic carbocycles. The standard InChI is InChI=1S/C14H20N2/c1-11-8-13(7-6-12(11)9-15)16(5)10-14(2,3)4/h6-8H,10H2,1-5H3. The minimum absolute atomic E-state index is 0.274. The predicted molar refractivity (Wildman–Crippen MR) is 68.6 cm³/mol. The van der Waals surface area contributed by atoms with Crippen molar-refractivity contribution in [2.45, 2.75) is 27.7 Å². The zero-order valence-corrected chi connectivity index (χ0v) is 10.8. The van der Waals surface area contributed by atoms with Gasteiger partial charge in [-0.2, -0.15) is 5.26 Å². The molecule has 0 saturated carbocycles. The molecule has 2 nitrogen and oxygen atoms in total. The highest BCUT2D eigenvalue weighted by molar-refractivity contribution is 5.53. The quantitative estimate of drug-likeness (QED) is 0.758. The van der Waals surface area contributed by atoms with Crippen molar-refractivity contribution in [2.75, 3.05) is 18.5 Å². The lowest BCUT2D eigenvalue weighted by Gasteiger charge is -2.28. The van der Waals surface area contributed by atoms with E-state index in [4.69, 9.17) is 5.26 Å². The summed E-state index contributed by atoms with van der Waals surface area (Å²) in [5.41, 5.74) is 3.25. The van der Waals surface area contributed by atoms with Crippen molar-refractivity contribution in [3.8, 4) is 6.07 Å². The van der Waals surface area contributed by atoms with E-state index in [1.165, 1.54) is 5.69 Å². The van der Waals surface area contributed by atoms with Gasteiger partial charge in [-0.1, -0.05) is 20.8 Å². The topological polar surface area (TPSA) is 27.0 Å². The Morgan fingerprint density at radius 3 is 2.38 bits per heavy atom. The number of aryl methyl sites for hydroxylation is 1. The maximum absolute atomic E-state index is 8.87. The van der Waals surface area contributed by atoms with Crippen LogP contribution in [0, 0.1) is 23.7 Å². The zero-order chi connectivity index (χ0) is 12.3. The molecule has 1 aromatic rings. The zero-order valence-electron chi connectivity index (χ0n) is 10.8. The smallest absolute Gasteiger partial charge is 0.0994 e. The molecule has 0 bridgehead atoms. The fraction of sp³-hybridized carbons (Fsp3) is 0.500. The van der Waals surface area contributed by atoms with Crippen molar-refractivity contribution in [2.24, 2.45) is 5.41 Å². The van der Waals surface area contributed by atoms with Gasteiger partial charge in [0.2, 0.25) is 0 Å². The first kappa shape index (κ1) is 12.6. The lowest BCUT2D eigenvalue weighted by atomic mass is 9.96. The Hall–Kier alpha value is -1.49. The van der Waals surface area contributed by atoms with Gasteiger partial charge in [-0.3, -0.25) is 0 Å². The SMILES string of the molecule is Cc1cc(N(C)CC(C)(C)C)ccc1C#N. The minimum atomic E-state index is 0.274. The maximum atomic E-state index is 8.87. The van der Waals surface area contributed by atoms with Gasteiger partial charge in [-0.25, -0.2) is 0 Å². The van der Waals surface area contributed by atoms with Crippen LogP contribution in [0.15, 0.2) is 18.2 Å². The number of hydrogen-bond acceptors (Lipinski definition) is 2. The van der Waals surface area contributed by atoms with E-state index in [-0.39, 0.29) is 5.41 Å². The van der Waals surface area contributed by atoms with E-state index in [9.17, 15) is 0 Å². The third kappa shape index (κ3) is 3.27. The summed E-state index contributed by atoms with van der Waals surface area (Å²) in [5, 5.41) is 8.87. The average molecular weight is 216 g/mol. The van der Waals surface area contributed by atoms with Crippen molar-refractivity contribution in [3.05, 3.63) is 29.3 Å². The van der Waals surface area contributed by atoms with Crippen LogP contribution >= 0.6 is 0 Å². The number of nitrogens with zero attached hydrogens (tertiary/aromatic N) is 2. The van der Waals surface area contributed by atoms with Crippen molar-refractivity contribution in [1.29, 1.82) is 5.26 Å². The molecule has 0 heterocycles. The fourth-order valence-electron chi connectivity index (χ4n) is 1.81. The molecule has 0 atom stereocenters. The highest BCUT2D eigenvalue weighted by Gasteiger charge is 2.14. The molecule has 0 N–H and O–H groups in total. The van der Waals surface area contributed by atoms with Gasteiger partial charge >= 0.3 is 0 Å². The van der Waals surface area contributed by atoms with Crippen LogP contribution in [-0.2, 0) is 0 Å². The molecule has 0 saturated heterocycles. The van der Waals surface area contributed by atoms with Crippen LogP contribution in [0.1, 0.15) is 31.9 Å². The molecule has 0 aliphatic carbocycles. The molecule has 0 unspecified atom stereocenters. The summed E-state index contributed by atoms with van der Waals surface area (Å²) in [6.45, 7) is 9.64. The molecule has 16 heavy (non-hydrogen) atoms. The third-order valence-corrected chi connectivity index (χ3v) is 2.48. The molecule has 0 amide bonds. The van der Waals surface area contributed by atoms with Gasteiger partial charge in [0.15, 0.2) is 0 Å². The van der Waals surface area contributed by atoms with E-state index in [0.717, 1.165) is 17.7 Å². The third-order valence-electron chi connectivity index (χ3n) is 2.48. The van der Waals surface area contributed by atoms with Crippen molar-refractivity contribution >= 4 is 5.69 Å². The first-order chi connectivity index (χ1) is 7.33. The Morgan fingerprint density at radius 2 is 1.94 bits per heavy atom. The number of anilines is 1. The van der Waals surface area contributed by atoms with Gasteiger partial charge in [0.1, 0.15) is 0 Å². The monoisotopic (exact) mass is 216 g/mol. The van der Waals surface area contributed by atoms with Gasteiger partial charge in [-0.05, 0) is 36.1 Å². The van der Waals surface area contributed by atoms with Gasteiger partial charge in [0.05, 0.1) is 11.6 Å². The highest BCUT2D eigenvalue weighted by atomic mass is 15.1. The van der Waals surface area contributed by atoms with E-state index in [1.54, 1.807) is 0 Å². The molecule has 0 aromatic heterocycles. The second-order valence-corrected chi connectivity index (χ2v) is 5.53. The Labute approximate surface area is 98.5 Å². The van der Waals surface area contributed by atoms with E-state index in [1.807, 2.05) is 19.1 Å². The molecule has 0 fully saturated rings. The number of benzene rings is 1. The van der Waals surface area contributed by atoms with Crippen LogP contribution in [0.5, 0.6) is 0 Å². The Bertz CT molecular complexity index is 408. The van der Waals surface area contributed by atoms with Crippen LogP contribution in [0.4, 0.5) is 5.69 Å². The van der Waals surface area contributed by atoms with Crippen LogP contribution in [0.2, 0.25) is 0 Å². The van der Waals surface area contributed by atoms with E-state index in [2.05, 4.69) is 44.9 Å². The van der Waals surface area contributed by atoms with E-state index < -0.39 is 0 Å². The Kier molecular flexibility index (Phi) is 3.59.